The van der Waals surface area contributed by atoms with Crippen LogP contribution in [0, 0.1) is 5.92 Å². The maximum Gasteiger partial charge on any atom is 0.310 e. The Labute approximate surface area is 89.2 Å². The molecular weight excluding hydrogens is 190 g/mol. The lowest BCUT2D eigenvalue weighted by Gasteiger charge is -2.31. The lowest BCUT2D eigenvalue weighted by atomic mass is 9.80. The topological polar surface area (TPSA) is 52.3 Å². The van der Waals surface area contributed by atoms with E-state index < -0.39 is 0 Å². The second kappa shape index (κ2) is 4.45. The quantitative estimate of drug-likeness (QED) is 0.760. The van der Waals surface area contributed by atoms with Gasteiger partial charge in [0.2, 0.25) is 0 Å². The third-order valence-electron chi connectivity index (χ3n) is 2.85. The Kier molecular flexibility index (Phi) is 3.02. The molecule has 0 aliphatic heterocycles. The summed E-state index contributed by atoms with van der Waals surface area (Å²) < 4.78 is 5.18. The average molecular weight is 205 g/mol. The first-order valence-corrected chi connectivity index (χ1v) is 5.23. The van der Waals surface area contributed by atoms with Gasteiger partial charge < -0.3 is 10.5 Å². The number of esters is 1. The van der Waals surface area contributed by atoms with Crippen molar-refractivity contribution in [1.82, 2.24) is 0 Å². The fraction of sp³-hybridized carbons (Fsp3) is 0.417. The second-order valence-corrected chi connectivity index (χ2v) is 3.94. The summed E-state index contributed by atoms with van der Waals surface area (Å²) >= 11 is 0. The van der Waals surface area contributed by atoms with Crippen molar-refractivity contribution in [2.45, 2.75) is 25.5 Å². The van der Waals surface area contributed by atoms with Crippen LogP contribution in [0.4, 0.5) is 0 Å². The molecule has 1 aromatic rings. The van der Waals surface area contributed by atoms with E-state index in [1.54, 1.807) is 0 Å². The Bertz CT molecular complexity index is 337. The summed E-state index contributed by atoms with van der Waals surface area (Å²) in [5, 5.41) is 0. The summed E-state index contributed by atoms with van der Waals surface area (Å²) in [5.74, 6) is -0.230. The summed E-state index contributed by atoms with van der Waals surface area (Å²) in [5.41, 5.74) is 6.70. The predicted molar refractivity (Wildman–Crippen MR) is 56.9 cm³/mol. The third-order valence-corrected chi connectivity index (χ3v) is 2.85. The summed E-state index contributed by atoms with van der Waals surface area (Å²) in [7, 11) is 0. The molecule has 0 bridgehead atoms. The van der Waals surface area contributed by atoms with Crippen molar-refractivity contribution in [2.24, 2.45) is 11.7 Å². The molecule has 0 amide bonds. The number of nitrogens with two attached hydrogens (primary N) is 1. The second-order valence-electron chi connectivity index (χ2n) is 3.94. The Balaban J connectivity index is 1.81. The van der Waals surface area contributed by atoms with Gasteiger partial charge in [0.1, 0.15) is 6.61 Å². The van der Waals surface area contributed by atoms with Gasteiger partial charge in [0.05, 0.1) is 5.92 Å². The Hall–Kier alpha value is -1.35. The monoisotopic (exact) mass is 205 g/mol. The van der Waals surface area contributed by atoms with Gasteiger partial charge in [0.25, 0.3) is 0 Å². The van der Waals surface area contributed by atoms with E-state index in [0.29, 0.717) is 6.61 Å². The lowest BCUT2D eigenvalue weighted by Crippen LogP contribution is -2.44. The van der Waals surface area contributed by atoms with Crippen molar-refractivity contribution < 1.29 is 9.53 Å². The van der Waals surface area contributed by atoms with E-state index in [0.717, 1.165) is 18.4 Å². The highest BCUT2D eigenvalue weighted by molar-refractivity contribution is 5.74. The summed E-state index contributed by atoms with van der Waals surface area (Å²) in [4.78, 5) is 11.5. The highest BCUT2D eigenvalue weighted by Gasteiger charge is 2.34. The average Bonchev–Trinajstić information content (AvgIpc) is 2.26. The number of hydrogen-bond acceptors (Lipinski definition) is 3. The van der Waals surface area contributed by atoms with Crippen molar-refractivity contribution in [3.8, 4) is 0 Å². The molecule has 2 atom stereocenters. The molecule has 3 nitrogen and oxygen atoms in total. The third kappa shape index (κ3) is 2.36. The van der Waals surface area contributed by atoms with Crippen LogP contribution < -0.4 is 5.73 Å². The molecule has 0 heterocycles. The fourth-order valence-electron chi connectivity index (χ4n) is 1.65. The lowest BCUT2D eigenvalue weighted by molar-refractivity contribution is -0.153. The molecule has 1 fully saturated rings. The molecule has 0 aromatic heterocycles. The fourth-order valence-corrected chi connectivity index (χ4v) is 1.65. The van der Waals surface area contributed by atoms with Gasteiger partial charge in [-0.15, -0.1) is 0 Å². The van der Waals surface area contributed by atoms with Crippen molar-refractivity contribution in [3.05, 3.63) is 35.9 Å². The SMILES string of the molecule is NC1CCC1C(=O)OCc1ccccc1. The minimum atomic E-state index is -0.155. The van der Waals surface area contributed by atoms with E-state index in [1.165, 1.54) is 0 Å². The van der Waals surface area contributed by atoms with Crippen LogP contribution in [-0.4, -0.2) is 12.0 Å². The zero-order valence-electron chi connectivity index (χ0n) is 8.56. The van der Waals surface area contributed by atoms with E-state index in [2.05, 4.69) is 0 Å². The normalized spacial score (nSPS) is 24.3. The molecule has 2 rings (SSSR count). The van der Waals surface area contributed by atoms with Crippen LogP contribution in [0.5, 0.6) is 0 Å². The molecule has 1 saturated carbocycles. The highest BCUT2D eigenvalue weighted by atomic mass is 16.5. The van der Waals surface area contributed by atoms with Crippen molar-refractivity contribution in [2.75, 3.05) is 0 Å². The number of carbonyl (C=O) groups excluding carboxylic acids is 1. The van der Waals surface area contributed by atoms with Gasteiger partial charge in [-0.2, -0.15) is 0 Å². The van der Waals surface area contributed by atoms with Gasteiger partial charge in [0.15, 0.2) is 0 Å². The van der Waals surface area contributed by atoms with Crippen molar-refractivity contribution in [3.63, 3.8) is 0 Å². The van der Waals surface area contributed by atoms with Crippen LogP contribution in [0.15, 0.2) is 30.3 Å². The molecular formula is C12H15NO2. The number of rotatable bonds is 3. The zero-order chi connectivity index (χ0) is 10.7. The van der Waals surface area contributed by atoms with Crippen LogP contribution >= 0.6 is 0 Å². The molecule has 0 spiro atoms. The van der Waals surface area contributed by atoms with Crippen LogP contribution in [0.25, 0.3) is 0 Å². The van der Waals surface area contributed by atoms with E-state index in [-0.39, 0.29) is 17.9 Å². The molecule has 3 heteroatoms. The molecule has 15 heavy (non-hydrogen) atoms. The van der Waals surface area contributed by atoms with Crippen LogP contribution in [0.2, 0.25) is 0 Å². The summed E-state index contributed by atoms with van der Waals surface area (Å²) in [6.07, 6.45) is 1.81. The minimum Gasteiger partial charge on any atom is -0.461 e. The van der Waals surface area contributed by atoms with Gasteiger partial charge in [-0.25, -0.2) is 0 Å². The van der Waals surface area contributed by atoms with Gasteiger partial charge in [-0.1, -0.05) is 30.3 Å². The van der Waals surface area contributed by atoms with E-state index in [4.69, 9.17) is 10.5 Å². The maximum atomic E-state index is 11.5. The molecule has 80 valence electrons. The minimum absolute atomic E-state index is 0.00766. The van der Waals surface area contributed by atoms with E-state index in [1.807, 2.05) is 30.3 Å². The van der Waals surface area contributed by atoms with Crippen molar-refractivity contribution in [1.29, 1.82) is 0 Å². The zero-order valence-corrected chi connectivity index (χ0v) is 8.56. The smallest absolute Gasteiger partial charge is 0.310 e. The Morgan fingerprint density at radius 2 is 2.07 bits per heavy atom. The van der Waals surface area contributed by atoms with Crippen molar-refractivity contribution >= 4 is 5.97 Å². The van der Waals surface area contributed by atoms with E-state index in [9.17, 15) is 4.79 Å². The van der Waals surface area contributed by atoms with Gasteiger partial charge >= 0.3 is 5.97 Å². The van der Waals surface area contributed by atoms with Crippen LogP contribution in [-0.2, 0) is 16.1 Å². The van der Waals surface area contributed by atoms with Gasteiger partial charge in [0, 0.05) is 6.04 Å². The first-order valence-electron chi connectivity index (χ1n) is 5.23. The Morgan fingerprint density at radius 3 is 2.60 bits per heavy atom. The molecule has 2 N–H and O–H groups in total. The number of ether oxygens (including phenoxy) is 1. The molecule has 2 unspecified atom stereocenters. The number of carbonyl (C=O) groups is 1. The molecule has 1 aliphatic carbocycles. The van der Waals surface area contributed by atoms with Gasteiger partial charge in [-0.05, 0) is 18.4 Å². The predicted octanol–water partition coefficient (Wildman–Crippen LogP) is 1.47. The van der Waals surface area contributed by atoms with Crippen LogP contribution in [0.1, 0.15) is 18.4 Å². The first kappa shape index (κ1) is 10.2. The molecule has 1 aliphatic rings. The molecule has 0 radical (unpaired) electrons. The van der Waals surface area contributed by atoms with Gasteiger partial charge in [-0.3, -0.25) is 4.79 Å². The van der Waals surface area contributed by atoms with E-state index >= 15 is 0 Å². The molecule has 0 saturated heterocycles. The van der Waals surface area contributed by atoms with Crippen LogP contribution in [0.3, 0.4) is 0 Å². The first-order chi connectivity index (χ1) is 7.27. The summed E-state index contributed by atoms with van der Waals surface area (Å²) in [6.45, 7) is 0.350. The highest BCUT2D eigenvalue weighted by Crippen LogP contribution is 2.26. The maximum absolute atomic E-state index is 11.5. The largest absolute Gasteiger partial charge is 0.461 e. The molecule has 1 aromatic carbocycles. The summed E-state index contributed by atoms with van der Waals surface area (Å²) in [6, 6.07) is 9.68. The standard InChI is InChI=1S/C12H15NO2/c13-11-7-6-10(11)12(14)15-8-9-4-2-1-3-5-9/h1-5,10-11H,6-8,13H2. The number of benzene rings is 1. The number of hydrogen-bond donors (Lipinski definition) is 1. The Morgan fingerprint density at radius 1 is 1.33 bits per heavy atom.